The highest BCUT2D eigenvalue weighted by molar-refractivity contribution is 5.83. The van der Waals surface area contributed by atoms with Gasteiger partial charge in [-0.15, -0.1) is 0 Å². The van der Waals surface area contributed by atoms with Crippen molar-refractivity contribution in [3.05, 3.63) is 47.0 Å². The average Bonchev–Trinajstić information content (AvgIpc) is 3.28. The van der Waals surface area contributed by atoms with Crippen molar-refractivity contribution >= 4 is 17.9 Å². The Kier molecular flexibility index (Phi) is 9.38. The molecule has 0 radical (unpaired) electrons. The third-order valence-corrected chi connectivity index (χ3v) is 6.49. The number of methoxy groups -OCH3 is 3. The van der Waals surface area contributed by atoms with Gasteiger partial charge in [0, 0.05) is 5.56 Å². The van der Waals surface area contributed by atoms with E-state index >= 15 is 0 Å². The molecular weight excluding hydrogens is 516 g/mol. The molecule has 1 heterocycles. The van der Waals surface area contributed by atoms with Gasteiger partial charge in [0.25, 0.3) is 0 Å². The summed E-state index contributed by atoms with van der Waals surface area (Å²) in [5, 5.41) is 0. The Morgan fingerprint density at radius 3 is 2.05 bits per heavy atom. The quantitative estimate of drug-likeness (QED) is 0.223. The molecule has 0 bridgehead atoms. The molecule has 1 aliphatic heterocycles. The summed E-state index contributed by atoms with van der Waals surface area (Å²) < 4.78 is 33.6. The monoisotopic (exact) mass is 556 g/mol. The first kappa shape index (κ1) is 30.8. The second-order valence-electron chi connectivity index (χ2n) is 11.8. The molecule has 0 fully saturated rings. The first-order valence-electron chi connectivity index (χ1n) is 13.2. The Morgan fingerprint density at radius 2 is 1.48 bits per heavy atom. The lowest BCUT2D eigenvalue weighted by Gasteiger charge is -2.21. The van der Waals surface area contributed by atoms with Crippen LogP contribution in [0.5, 0.6) is 23.0 Å². The third-order valence-electron chi connectivity index (χ3n) is 6.49. The molecule has 9 nitrogen and oxygen atoms in total. The number of esters is 3. The van der Waals surface area contributed by atoms with Gasteiger partial charge in [-0.2, -0.15) is 0 Å². The Labute approximate surface area is 236 Å². The standard InChI is InChI=1S/C31H40O9/c1-30(2,3)28(33)38-14-10-11-18-15-20-24(27(32)37-9)25(40-26(20)23(16-18)36-8)19-12-13-21(22(17-19)35-7)39-29(34)31(4,5)6/h12-13,15-17,24-25H,10-11,14H2,1-9H3/t24-,25+/m1/s1. The van der Waals surface area contributed by atoms with E-state index in [4.69, 9.17) is 28.4 Å². The zero-order chi connectivity index (χ0) is 29.8. The number of ether oxygens (including phenoxy) is 6. The van der Waals surface area contributed by atoms with Crippen molar-refractivity contribution in [2.24, 2.45) is 10.8 Å². The van der Waals surface area contributed by atoms with E-state index in [9.17, 15) is 14.4 Å². The smallest absolute Gasteiger partial charge is 0.317 e. The fraction of sp³-hybridized carbons (Fsp3) is 0.516. The predicted octanol–water partition coefficient (Wildman–Crippen LogP) is 5.57. The average molecular weight is 557 g/mol. The number of carbonyl (C=O) groups is 3. The fourth-order valence-corrected chi connectivity index (χ4v) is 4.19. The highest BCUT2D eigenvalue weighted by Crippen LogP contribution is 2.52. The second-order valence-corrected chi connectivity index (χ2v) is 11.8. The summed E-state index contributed by atoms with van der Waals surface area (Å²) in [7, 11) is 4.34. The van der Waals surface area contributed by atoms with Crippen LogP contribution in [0.4, 0.5) is 0 Å². The first-order valence-corrected chi connectivity index (χ1v) is 13.2. The lowest BCUT2D eigenvalue weighted by Crippen LogP contribution is -2.25. The minimum atomic E-state index is -0.778. The largest absolute Gasteiger partial charge is 0.493 e. The van der Waals surface area contributed by atoms with E-state index in [1.807, 2.05) is 32.9 Å². The van der Waals surface area contributed by atoms with Gasteiger partial charge in [0.15, 0.2) is 23.0 Å². The van der Waals surface area contributed by atoms with Crippen molar-refractivity contribution in [1.82, 2.24) is 0 Å². The SMILES string of the molecule is COC(=O)[C@@H]1c2cc(CCCOC(=O)C(C)(C)C)cc(OC)c2O[C@H]1c1ccc(OC(=O)C(C)(C)C)c(OC)c1. The number of fused-ring (bicyclic) bond motifs is 1. The molecule has 0 saturated heterocycles. The van der Waals surface area contributed by atoms with Crippen LogP contribution in [-0.4, -0.2) is 45.8 Å². The van der Waals surface area contributed by atoms with Gasteiger partial charge in [0.05, 0.1) is 38.8 Å². The summed E-state index contributed by atoms with van der Waals surface area (Å²) >= 11 is 0. The fourth-order valence-electron chi connectivity index (χ4n) is 4.19. The van der Waals surface area contributed by atoms with Crippen molar-refractivity contribution in [3.63, 3.8) is 0 Å². The molecule has 2 aromatic carbocycles. The molecule has 2 atom stereocenters. The van der Waals surface area contributed by atoms with E-state index < -0.39 is 34.8 Å². The Hall–Kier alpha value is -3.75. The highest BCUT2D eigenvalue weighted by Gasteiger charge is 2.43. The van der Waals surface area contributed by atoms with Crippen molar-refractivity contribution in [2.45, 2.75) is 66.4 Å². The van der Waals surface area contributed by atoms with Crippen molar-refractivity contribution < 1.29 is 42.8 Å². The van der Waals surface area contributed by atoms with Gasteiger partial charge in [-0.25, -0.2) is 0 Å². The minimum Gasteiger partial charge on any atom is -0.493 e. The lowest BCUT2D eigenvalue weighted by molar-refractivity contribution is -0.153. The summed E-state index contributed by atoms with van der Waals surface area (Å²) in [5.74, 6) is -0.369. The Morgan fingerprint density at radius 1 is 0.825 bits per heavy atom. The summed E-state index contributed by atoms with van der Waals surface area (Å²) in [6.45, 7) is 11.0. The van der Waals surface area contributed by atoms with Gasteiger partial charge < -0.3 is 28.4 Å². The molecule has 0 aromatic heterocycles. The van der Waals surface area contributed by atoms with Crippen LogP contribution in [0.15, 0.2) is 30.3 Å². The van der Waals surface area contributed by atoms with Crippen molar-refractivity contribution in [1.29, 1.82) is 0 Å². The van der Waals surface area contributed by atoms with Crippen LogP contribution < -0.4 is 18.9 Å². The second kappa shape index (κ2) is 12.2. The number of carbonyl (C=O) groups excluding carboxylic acids is 3. The van der Waals surface area contributed by atoms with Crippen molar-refractivity contribution in [3.8, 4) is 23.0 Å². The van der Waals surface area contributed by atoms with Gasteiger partial charge >= 0.3 is 17.9 Å². The molecule has 1 aliphatic rings. The summed E-state index contributed by atoms with van der Waals surface area (Å²) in [4.78, 5) is 37.6. The maximum Gasteiger partial charge on any atom is 0.317 e. The van der Waals surface area contributed by atoms with Crippen LogP contribution in [0.1, 0.15) is 76.7 Å². The minimum absolute atomic E-state index is 0.254. The normalized spacial score (nSPS) is 16.4. The summed E-state index contributed by atoms with van der Waals surface area (Å²) in [6, 6.07) is 8.81. The molecule has 218 valence electrons. The predicted molar refractivity (Wildman–Crippen MR) is 148 cm³/mol. The van der Waals surface area contributed by atoms with Gasteiger partial charge in [-0.3, -0.25) is 14.4 Å². The van der Waals surface area contributed by atoms with Crippen LogP contribution in [0.3, 0.4) is 0 Å². The molecule has 0 unspecified atom stereocenters. The summed E-state index contributed by atoms with van der Waals surface area (Å²) in [5.41, 5.74) is 0.920. The molecule has 0 saturated carbocycles. The maximum atomic E-state index is 13.1. The molecule has 9 heteroatoms. The number of hydrogen-bond acceptors (Lipinski definition) is 9. The van der Waals surface area contributed by atoms with Gasteiger partial charge in [-0.05, 0) is 83.7 Å². The molecule has 0 aliphatic carbocycles. The van der Waals surface area contributed by atoms with Gasteiger partial charge in [-0.1, -0.05) is 12.1 Å². The molecular formula is C31H40O9. The van der Waals surface area contributed by atoms with Crippen LogP contribution in [0.2, 0.25) is 0 Å². The van der Waals surface area contributed by atoms with E-state index in [0.29, 0.717) is 41.2 Å². The number of benzene rings is 2. The zero-order valence-electron chi connectivity index (χ0n) is 24.8. The number of rotatable bonds is 9. The van der Waals surface area contributed by atoms with Crippen LogP contribution in [0, 0.1) is 10.8 Å². The van der Waals surface area contributed by atoms with E-state index in [1.165, 1.54) is 21.3 Å². The van der Waals surface area contributed by atoms with Gasteiger partial charge in [0.2, 0.25) is 0 Å². The first-order chi connectivity index (χ1) is 18.7. The Balaban J connectivity index is 1.90. The molecule has 40 heavy (non-hydrogen) atoms. The molecule has 0 amide bonds. The molecule has 3 rings (SSSR count). The van der Waals surface area contributed by atoms with E-state index in [2.05, 4.69) is 0 Å². The highest BCUT2D eigenvalue weighted by atomic mass is 16.6. The third kappa shape index (κ3) is 6.87. The van der Waals surface area contributed by atoms with Crippen LogP contribution in [0.25, 0.3) is 0 Å². The number of hydrogen-bond donors (Lipinski definition) is 0. The topological polar surface area (TPSA) is 107 Å². The Bertz CT molecular complexity index is 1250. The van der Waals surface area contributed by atoms with E-state index in [-0.39, 0.29) is 18.3 Å². The van der Waals surface area contributed by atoms with Gasteiger partial charge in [0.1, 0.15) is 12.0 Å². The van der Waals surface area contributed by atoms with Crippen LogP contribution in [-0.2, 0) is 30.3 Å². The summed E-state index contributed by atoms with van der Waals surface area (Å²) in [6.07, 6.45) is 0.463. The van der Waals surface area contributed by atoms with E-state index in [1.54, 1.807) is 39.0 Å². The molecule has 0 N–H and O–H groups in total. The van der Waals surface area contributed by atoms with Crippen molar-refractivity contribution in [2.75, 3.05) is 27.9 Å². The lowest BCUT2D eigenvalue weighted by atomic mass is 9.89. The van der Waals surface area contributed by atoms with Crippen LogP contribution >= 0.6 is 0 Å². The maximum absolute atomic E-state index is 13.1. The molecule has 2 aromatic rings. The number of aryl methyl sites for hydroxylation is 1. The molecule has 0 spiro atoms. The zero-order valence-corrected chi connectivity index (χ0v) is 24.8. The van der Waals surface area contributed by atoms with E-state index in [0.717, 1.165) is 5.56 Å².